The lowest BCUT2D eigenvalue weighted by molar-refractivity contribution is -0.384. The molecule has 0 radical (unpaired) electrons. The topological polar surface area (TPSA) is 81.5 Å². The van der Waals surface area contributed by atoms with E-state index in [-0.39, 0.29) is 11.6 Å². The van der Waals surface area contributed by atoms with Crippen molar-refractivity contribution in [3.05, 3.63) is 82.4 Å². The number of amides is 1. The van der Waals surface area contributed by atoms with Crippen molar-refractivity contribution in [3.63, 3.8) is 0 Å². The van der Waals surface area contributed by atoms with E-state index in [4.69, 9.17) is 4.74 Å². The van der Waals surface area contributed by atoms with Gasteiger partial charge in [0.15, 0.2) is 0 Å². The second-order valence-corrected chi connectivity index (χ2v) is 5.88. The fraction of sp³-hybridized carbons (Fsp3) is 0.0952. The predicted molar refractivity (Wildman–Crippen MR) is 104 cm³/mol. The molecule has 0 saturated carbocycles. The molecular formula is C21H18N2O4. The average molecular weight is 362 g/mol. The van der Waals surface area contributed by atoms with E-state index in [1.54, 1.807) is 32.4 Å². The number of hydrogen-bond acceptors (Lipinski definition) is 4. The highest BCUT2D eigenvalue weighted by Gasteiger charge is 2.13. The average Bonchev–Trinajstić information content (AvgIpc) is 2.72. The molecule has 0 heterocycles. The van der Waals surface area contributed by atoms with Crippen LogP contribution >= 0.6 is 0 Å². The summed E-state index contributed by atoms with van der Waals surface area (Å²) in [5.41, 5.74) is 3.90. The summed E-state index contributed by atoms with van der Waals surface area (Å²) in [6.07, 6.45) is 0. The van der Waals surface area contributed by atoms with Crippen LogP contribution in [0.2, 0.25) is 0 Å². The zero-order valence-corrected chi connectivity index (χ0v) is 14.9. The molecule has 1 N–H and O–H groups in total. The quantitative estimate of drug-likeness (QED) is 0.542. The maximum Gasteiger partial charge on any atom is 0.270 e. The van der Waals surface area contributed by atoms with Crippen LogP contribution in [0.5, 0.6) is 5.75 Å². The molecule has 0 saturated heterocycles. The lowest BCUT2D eigenvalue weighted by Gasteiger charge is -2.12. The maximum atomic E-state index is 11.7. The molecule has 136 valence electrons. The standard InChI is InChI=1S/C21H18N2O4/c1-22-21(24)15-8-6-14(7-9-15)16-10-11-20(27-2)19(13-16)17-4-3-5-18(12-17)23(25)26/h3-13H,1-2H3,(H,22,24). The number of nitrogens with one attached hydrogen (secondary N) is 1. The van der Waals surface area contributed by atoms with Crippen LogP contribution < -0.4 is 10.1 Å². The van der Waals surface area contributed by atoms with E-state index in [0.717, 1.165) is 16.7 Å². The van der Waals surface area contributed by atoms with Crippen LogP contribution in [-0.4, -0.2) is 25.0 Å². The summed E-state index contributed by atoms with van der Waals surface area (Å²) in [6.45, 7) is 0. The van der Waals surface area contributed by atoms with Gasteiger partial charge in [0, 0.05) is 30.3 Å². The van der Waals surface area contributed by atoms with Crippen LogP contribution in [-0.2, 0) is 0 Å². The van der Waals surface area contributed by atoms with Crippen LogP contribution in [0.3, 0.4) is 0 Å². The number of non-ortho nitro benzene ring substituents is 1. The van der Waals surface area contributed by atoms with Crippen LogP contribution in [0.25, 0.3) is 22.3 Å². The highest BCUT2D eigenvalue weighted by Crippen LogP contribution is 2.35. The second-order valence-electron chi connectivity index (χ2n) is 5.88. The first-order chi connectivity index (χ1) is 13.0. The molecule has 0 fully saturated rings. The minimum absolute atomic E-state index is 0.0230. The van der Waals surface area contributed by atoms with Crippen LogP contribution in [0.4, 0.5) is 5.69 Å². The third-order valence-electron chi connectivity index (χ3n) is 4.27. The molecule has 1 amide bonds. The SMILES string of the molecule is CNC(=O)c1ccc(-c2ccc(OC)c(-c3cccc([N+](=O)[O-])c3)c2)cc1. The largest absolute Gasteiger partial charge is 0.496 e. The molecule has 0 bridgehead atoms. The number of nitro groups is 1. The Bertz CT molecular complexity index is 997. The number of carbonyl (C=O) groups is 1. The molecule has 3 aromatic carbocycles. The Labute approximate surface area is 156 Å². The zero-order chi connectivity index (χ0) is 19.4. The van der Waals surface area contributed by atoms with Gasteiger partial charge in [-0.05, 0) is 41.0 Å². The number of methoxy groups -OCH3 is 1. The van der Waals surface area contributed by atoms with Crippen molar-refractivity contribution >= 4 is 11.6 Å². The molecule has 6 heteroatoms. The van der Waals surface area contributed by atoms with Gasteiger partial charge in [0.1, 0.15) is 5.75 Å². The fourth-order valence-corrected chi connectivity index (χ4v) is 2.86. The summed E-state index contributed by atoms with van der Waals surface area (Å²) in [7, 11) is 3.15. The van der Waals surface area contributed by atoms with Gasteiger partial charge >= 0.3 is 0 Å². The van der Waals surface area contributed by atoms with Gasteiger partial charge in [0.25, 0.3) is 11.6 Å². The minimum Gasteiger partial charge on any atom is -0.496 e. The summed E-state index contributed by atoms with van der Waals surface area (Å²) in [4.78, 5) is 22.3. The second kappa shape index (κ2) is 7.70. The third-order valence-corrected chi connectivity index (χ3v) is 4.27. The number of ether oxygens (including phenoxy) is 1. The Morgan fingerprint density at radius 2 is 1.67 bits per heavy atom. The molecule has 0 aliphatic carbocycles. The van der Waals surface area contributed by atoms with E-state index >= 15 is 0 Å². The van der Waals surface area contributed by atoms with E-state index in [2.05, 4.69) is 5.32 Å². The summed E-state index contributed by atoms with van der Waals surface area (Å²) >= 11 is 0. The van der Waals surface area contributed by atoms with Gasteiger partial charge in [0.2, 0.25) is 0 Å². The molecular weight excluding hydrogens is 344 g/mol. The van der Waals surface area contributed by atoms with E-state index in [1.165, 1.54) is 12.1 Å². The predicted octanol–water partition coefficient (Wildman–Crippen LogP) is 4.30. The number of hydrogen-bond donors (Lipinski definition) is 1. The van der Waals surface area contributed by atoms with Gasteiger partial charge in [-0.25, -0.2) is 0 Å². The van der Waals surface area contributed by atoms with Gasteiger partial charge in [-0.15, -0.1) is 0 Å². The monoisotopic (exact) mass is 362 g/mol. The fourth-order valence-electron chi connectivity index (χ4n) is 2.86. The van der Waals surface area contributed by atoms with E-state index in [0.29, 0.717) is 16.9 Å². The van der Waals surface area contributed by atoms with Crippen molar-refractivity contribution in [2.24, 2.45) is 0 Å². The first kappa shape index (κ1) is 18.1. The first-order valence-corrected chi connectivity index (χ1v) is 8.29. The summed E-state index contributed by atoms with van der Waals surface area (Å²) in [5.74, 6) is 0.481. The lowest BCUT2D eigenvalue weighted by Crippen LogP contribution is -2.17. The van der Waals surface area contributed by atoms with Crippen LogP contribution in [0.1, 0.15) is 10.4 Å². The number of rotatable bonds is 5. The van der Waals surface area contributed by atoms with Gasteiger partial charge in [-0.3, -0.25) is 14.9 Å². The van der Waals surface area contributed by atoms with Crippen molar-refractivity contribution < 1.29 is 14.5 Å². The van der Waals surface area contributed by atoms with Crippen molar-refractivity contribution in [3.8, 4) is 28.0 Å². The molecule has 0 unspecified atom stereocenters. The molecule has 6 nitrogen and oxygen atoms in total. The molecule has 0 atom stereocenters. The van der Waals surface area contributed by atoms with E-state index in [1.807, 2.05) is 36.4 Å². The molecule has 27 heavy (non-hydrogen) atoms. The molecule has 0 spiro atoms. The third kappa shape index (κ3) is 3.79. The first-order valence-electron chi connectivity index (χ1n) is 8.29. The van der Waals surface area contributed by atoms with Gasteiger partial charge in [0.05, 0.1) is 12.0 Å². The van der Waals surface area contributed by atoms with Crippen molar-refractivity contribution in [1.29, 1.82) is 0 Å². The Kier molecular flexibility index (Phi) is 5.17. The van der Waals surface area contributed by atoms with Crippen LogP contribution in [0, 0.1) is 10.1 Å². The number of nitro benzene ring substituents is 1. The maximum absolute atomic E-state index is 11.7. The number of nitrogens with zero attached hydrogens (tertiary/aromatic N) is 1. The Hall–Kier alpha value is -3.67. The summed E-state index contributed by atoms with van der Waals surface area (Å²) < 4.78 is 5.43. The van der Waals surface area contributed by atoms with Crippen molar-refractivity contribution in [2.45, 2.75) is 0 Å². The van der Waals surface area contributed by atoms with Crippen molar-refractivity contribution in [1.82, 2.24) is 5.32 Å². The molecule has 0 aliphatic heterocycles. The minimum atomic E-state index is -0.419. The smallest absolute Gasteiger partial charge is 0.270 e. The number of carbonyl (C=O) groups excluding carboxylic acids is 1. The highest BCUT2D eigenvalue weighted by molar-refractivity contribution is 5.94. The molecule has 3 aromatic rings. The highest BCUT2D eigenvalue weighted by atomic mass is 16.6. The molecule has 3 rings (SSSR count). The summed E-state index contributed by atoms with van der Waals surface area (Å²) in [5, 5.41) is 13.7. The Morgan fingerprint density at radius 3 is 2.30 bits per heavy atom. The molecule has 0 aromatic heterocycles. The van der Waals surface area contributed by atoms with Gasteiger partial charge < -0.3 is 10.1 Å². The van der Waals surface area contributed by atoms with E-state index < -0.39 is 4.92 Å². The Morgan fingerprint density at radius 1 is 0.963 bits per heavy atom. The normalized spacial score (nSPS) is 10.3. The van der Waals surface area contributed by atoms with Crippen molar-refractivity contribution in [2.75, 3.05) is 14.2 Å². The zero-order valence-electron chi connectivity index (χ0n) is 14.9. The Balaban J connectivity index is 2.05. The van der Waals surface area contributed by atoms with Gasteiger partial charge in [-0.2, -0.15) is 0 Å². The summed E-state index contributed by atoms with van der Waals surface area (Å²) in [6, 6.07) is 19.3. The van der Waals surface area contributed by atoms with Crippen LogP contribution in [0.15, 0.2) is 66.7 Å². The van der Waals surface area contributed by atoms with E-state index in [9.17, 15) is 14.9 Å². The number of benzene rings is 3. The van der Waals surface area contributed by atoms with Gasteiger partial charge in [-0.1, -0.05) is 30.3 Å². The lowest BCUT2D eigenvalue weighted by atomic mass is 9.97. The molecule has 0 aliphatic rings.